The van der Waals surface area contributed by atoms with E-state index in [0.29, 0.717) is 32.2 Å². The molecule has 3 rings (SSSR count). The molecule has 7 nitrogen and oxygen atoms in total. The van der Waals surface area contributed by atoms with Crippen molar-refractivity contribution in [1.29, 1.82) is 0 Å². The number of piperidine rings is 1. The molecule has 26 heavy (non-hydrogen) atoms. The molecule has 1 unspecified atom stereocenters. The van der Waals surface area contributed by atoms with Crippen LogP contribution in [-0.4, -0.2) is 52.1 Å². The quantitative estimate of drug-likeness (QED) is 0.833. The number of amides is 2. The number of nitrogens with zero attached hydrogens (tertiary/aromatic N) is 3. The van der Waals surface area contributed by atoms with Gasteiger partial charge in [-0.2, -0.15) is 0 Å². The second kappa shape index (κ2) is 8.66. The van der Waals surface area contributed by atoms with Crippen molar-refractivity contribution in [3.05, 3.63) is 18.2 Å². The Morgan fingerprint density at radius 3 is 2.73 bits per heavy atom. The van der Waals surface area contributed by atoms with Crippen LogP contribution in [0.2, 0.25) is 0 Å². The summed E-state index contributed by atoms with van der Waals surface area (Å²) in [6.45, 7) is 7.68. The Kier molecular flexibility index (Phi) is 6.29. The van der Waals surface area contributed by atoms with Gasteiger partial charge in [0, 0.05) is 38.4 Å². The van der Waals surface area contributed by atoms with Crippen molar-refractivity contribution in [2.75, 3.05) is 19.7 Å². The van der Waals surface area contributed by atoms with E-state index in [1.807, 2.05) is 17.4 Å². The summed E-state index contributed by atoms with van der Waals surface area (Å²) in [6, 6.07) is 0. The van der Waals surface area contributed by atoms with E-state index in [1.165, 1.54) is 0 Å². The number of aromatic nitrogens is 2. The molecular formula is C19H30N4O3. The van der Waals surface area contributed by atoms with E-state index in [4.69, 9.17) is 4.74 Å². The Bertz CT molecular complexity index is 614. The van der Waals surface area contributed by atoms with Gasteiger partial charge in [0.15, 0.2) is 0 Å². The standard InChI is InChI=1S/C19H30N4O3/c1-14(2)12-23-13-20-10-16(23)11-21-18(24)15-5-7-22(8-6-15)19(25)17-4-3-9-26-17/h10,13-15,17H,3-9,11-12H2,1-2H3,(H,21,24). The summed E-state index contributed by atoms with van der Waals surface area (Å²) in [4.78, 5) is 30.9. The fourth-order valence-electron chi connectivity index (χ4n) is 3.71. The first-order chi connectivity index (χ1) is 12.5. The average Bonchev–Trinajstić information content (AvgIpc) is 3.31. The van der Waals surface area contributed by atoms with E-state index in [2.05, 4.69) is 28.7 Å². The van der Waals surface area contributed by atoms with Crippen LogP contribution in [0.15, 0.2) is 12.5 Å². The SMILES string of the molecule is CC(C)Cn1cncc1CNC(=O)C1CCN(C(=O)C2CCCO2)CC1. The van der Waals surface area contributed by atoms with Gasteiger partial charge in [-0.3, -0.25) is 9.59 Å². The zero-order valence-electron chi connectivity index (χ0n) is 15.8. The van der Waals surface area contributed by atoms with Gasteiger partial charge in [0.05, 0.1) is 18.6 Å². The number of likely N-dealkylation sites (tertiary alicyclic amines) is 1. The maximum absolute atomic E-state index is 12.5. The van der Waals surface area contributed by atoms with Crippen LogP contribution >= 0.6 is 0 Å². The lowest BCUT2D eigenvalue weighted by Crippen LogP contribution is -2.46. The maximum Gasteiger partial charge on any atom is 0.251 e. The van der Waals surface area contributed by atoms with Crippen molar-refractivity contribution in [2.45, 2.75) is 58.7 Å². The highest BCUT2D eigenvalue weighted by Gasteiger charge is 2.32. The number of imidazole rings is 1. The highest BCUT2D eigenvalue weighted by molar-refractivity contribution is 5.82. The summed E-state index contributed by atoms with van der Waals surface area (Å²) >= 11 is 0. The highest BCUT2D eigenvalue weighted by atomic mass is 16.5. The first-order valence-electron chi connectivity index (χ1n) is 9.71. The summed E-state index contributed by atoms with van der Waals surface area (Å²) in [7, 11) is 0. The van der Waals surface area contributed by atoms with Crippen LogP contribution in [0.5, 0.6) is 0 Å². The first-order valence-corrected chi connectivity index (χ1v) is 9.71. The number of nitrogens with one attached hydrogen (secondary N) is 1. The van der Waals surface area contributed by atoms with Gasteiger partial charge >= 0.3 is 0 Å². The topological polar surface area (TPSA) is 76.5 Å². The summed E-state index contributed by atoms with van der Waals surface area (Å²) in [5.74, 6) is 0.680. The third kappa shape index (κ3) is 4.63. The largest absolute Gasteiger partial charge is 0.368 e. The van der Waals surface area contributed by atoms with Gasteiger partial charge in [0.25, 0.3) is 5.91 Å². The lowest BCUT2D eigenvalue weighted by molar-refractivity contribution is -0.143. The number of hydrogen-bond donors (Lipinski definition) is 1. The zero-order valence-corrected chi connectivity index (χ0v) is 15.8. The molecule has 2 aliphatic heterocycles. The molecular weight excluding hydrogens is 332 g/mol. The molecule has 2 amide bonds. The van der Waals surface area contributed by atoms with Gasteiger partial charge in [-0.25, -0.2) is 4.98 Å². The van der Waals surface area contributed by atoms with Crippen LogP contribution in [0.1, 0.15) is 45.2 Å². The monoisotopic (exact) mass is 362 g/mol. The van der Waals surface area contributed by atoms with Crippen LogP contribution in [0.3, 0.4) is 0 Å². The summed E-state index contributed by atoms with van der Waals surface area (Å²) in [6.07, 6.45) is 6.58. The van der Waals surface area contributed by atoms with Gasteiger partial charge in [0.2, 0.25) is 5.91 Å². The zero-order chi connectivity index (χ0) is 18.5. The van der Waals surface area contributed by atoms with E-state index >= 15 is 0 Å². The normalized spacial score (nSPS) is 21.3. The van der Waals surface area contributed by atoms with Crippen LogP contribution in [0.4, 0.5) is 0 Å². The van der Waals surface area contributed by atoms with E-state index in [9.17, 15) is 9.59 Å². The van der Waals surface area contributed by atoms with Crippen molar-refractivity contribution in [3.8, 4) is 0 Å². The molecule has 0 bridgehead atoms. The van der Waals surface area contributed by atoms with Crippen molar-refractivity contribution in [3.63, 3.8) is 0 Å². The van der Waals surface area contributed by atoms with Gasteiger partial charge in [-0.15, -0.1) is 0 Å². The molecule has 1 atom stereocenters. The van der Waals surface area contributed by atoms with E-state index < -0.39 is 0 Å². The van der Waals surface area contributed by atoms with Crippen molar-refractivity contribution >= 4 is 11.8 Å². The smallest absolute Gasteiger partial charge is 0.251 e. The van der Waals surface area contributed by atoms with E-state index in [1.54, 1.807) is 0 Å². The predicted molar refractivity (Wildman–Crippen MR) is 97.2 cm³/mol. The second-order valence-corrected chi connectivity index (χ2v) is 7.75. The number of ether oxygens (including phenoxy) is 1. The molecule has 1 aromatic heterocycles. The predicted octanol–water partition coefficient (Wildman–Crippen LogP) is 1.57. The molecule has 1 N–H and O–H groups in total. The minimum Gasteiger partial charge on any atom is -0.368 e. The molecule has 2 saturated heterocycles. The molecule has 7 heteroatoms. The van der Waals surface area contributed by atoms with Gasteiger partial charge in [-0.1, -0.05) is 13.8 Å². The second-order valence-electron chi connectivity index (χ2n) is 7.75. The molecule has 3 heterocycles. The molecule has 0 aliphatic carbocycles. The van der Waals surface area contributed by atoms with Gasteiger partial charge < -0.3 is 19.5 Å². The van der Waals surface area contributed by atoms with Gasteiger partial charge in [-0.05, 0) is 31.6 Å². The molecule has 144 valence electrons. The Hall–Kier alpha value is -1.89. The Morgan fingerprint density at radius 1 is 1.31 bits per heavy atom. The lowest BCUT2D eigenvalue weighted by Gasteiger charge is -2.32. The van der Waals surface area contributed by atoms with Crippen LogP contribution in [0, 0.1) is 11.8 Å². The number of rotatable bonds is 6. The van der Waals surface area contributed by atoms with Crippen LogP contribution in [0.25, 0.3) is 0 Å². The van der Waals surface area contributed by atoms with Crippen molar-refractivity contribution < 1.29 is 14.3 Å². The summed E-state index contributed by atoms with van der Waals surface area (Å²) in [5, 5.41) is 3.04. The number of hydrogen-bond acceptors (Lipinski definition) is 4. The molecule has 0 saturated carbocycles. The molecule has 0 spiro atoms. The lowest BCUT2D eigenvalue weighted by atomic mass is 9.95. The maximum atomic E-state index is 12.5. The van der Waals surface area contributed by atoms with E-state index in [0.717, 1.165) is 37.9 Å². The van der Waals surface area contributed by atoms with Crippen LogP contribution in [-0.2, 0) is 27.4 Å². The Balaban J connectivity index is 1.44. The minimum atomic E-state index is -0.262. The molecule has 0 aromatic carbocycles. The van der Waals surface area contributed by atoms with Crippen molar-refractivity contribution in [2.24, 2.45) is 11.8 Å². The summed E-state index contributed by atoms with van der Waals surface area (Å²) in [5.41, 5.74) is 1.03. The third-order valence-electron chi connectivity index (χ3n) is 5.19. The molecule has 2 fully saturated rings. The average molecular weight is 362 g/mol. The Morgan fingerprint density at radius 2 is 2.08 bits per heavy atom. The summed E-state index contributed by atoms with van der Waals surface area (Å²) < 4.78 is 7.57. The number of carbonyl (C=O) groups is 2. The number of carbonyl (C=O) groups excluding carboxylic acids is 2. The molecule has 2 aliphatic rings. The van der Waals surface area contributed by atoms with Crippen molar-refractivity contribution in [1.82, 2.24) is 19.8 Å². The molecule has 1 aromatic rings. The van der Waals surface area contributed by atoms with Crippen LogP contribution < -0.4 is 5.32 Å². The van der Waals surface area contributed by atoms with Gasteiger partial charge in [0.1, 0.15) is 6.10 Å². The highest BCUT2D eigenvalue weighted by Crippen LogP contribution is 2.21. The molecule has 0 radical (unpaired) electrons. The third-order valence-corrected chi connectivity index (χ3v) is 5.19. The van der Waals surface area contributed by atoms with E-state index in [-0.39, 0.29) is 23.8 Å². The fourth-order valence-corrected chi connectivity index (χ4v) is 3.71. The minimum absolute atomic E-state index is 0.0231. The fraction of sp³-hybridized carbons (Fsp3) is 0.737. The first kappa shape index (κ1) is 18.9. The Labute approximate surface area is 155 Å².